The molecule has 1 heterocycles. The lowest BCUT2D eigenvalue weighted by atomic mass is 9.83. The smallest absolute Gasteiger partial charge is 0.0931 e. The molecule has 1 nitrogen and oxygen atoms in total. The quantitative estimate of drug-likeness (QED) is 0.801. The van der Waals surface area contributed by atoms with E-state index in [9.17, 15) is 0 Å². The van der Waals surface area contributed by atoms with Gasteiger partial charge in [0.25, 0.3) is 0 Å². The van der Waals surface area contributed by atoms with Crippen molar-refractivity contribution in [1.29, 1.82) is 0 Å². The molecule has 92 valence electrons. The van der Waals surface area contributed by atoms with Crippen molar-refractivity contribution in [3.05, 3.63) is 21.3 Å². The van der Waals surface area contributed by atoms with Gasteiger partial charge in [0.05, 0.1) is 4.34 Å². The lowest BCUT2D eigenvalue weighted by Crippen LogP contribution is -2.36. The summed E-state index contributed by atoms with van der Waals surface area (Å²) in [6, 6.07) is 4.70. The Labute approximate surface area is 108 Å². The summed E-state index contributed by atoms with van der Waals surface area (Å²) in [5.41, 5.74) is 0.332. The van der Waals surface area contributed by atoms with Crippen LogP contribution >= 0.6 is 22.9 Å². The number of nitrogens with one attached hydrogen (secondary N) is 1. The summed E-state index contributed by atoms with van der Waals surface area (Å²) in [5, 5.41) is 3.54. The molecular weight excluding hydrogens is 238 g/mol. The van der Waals surface area contributed by atoms with Crippen LogP contribution in [0.3, 0.4) is 0 Å². The lowest BCUT2D eigenvalue weighted by Gasteiger charge is -2.29. The molecule has 1 aromatic heterocycles. The maximum atomic E-state index is 5.96. The summed E-state index contributed by atoms with van der Waals surface area (Å²) in [6.45, 7) is 10.1. The number of halogens is 1. The van der Waals surface area contributed by atoms with Gasteiger partial charge in [0.15, 0.2) is 0 Å². The van der Waals surface area contributed by atoms with E-state index in [1.165, 1.54) is 11.3 Å². The van der Waals surface area contributed by atoms with Crippen LogP contribution < -0.4 is 5.32 Å². The fraction of sp³-hybridized carbons (Fsp3) is 0.692. The Morgan fingerprint density at radius 2 is 2.12 bits per heavy atom. The first-order valence-electron chi connectivity index (χ1n) is 5.93. The van der Waals surface area contributed by atoms with Gasteiger partial charge in [-0.15, -0.1) is 11.3 Å². The van der Waals surface area contributed by atoms with Gasteiger partial charge in [-0.25, -0.2) is 0 Å². The predicted octanol–water partition coefficient (Wildman–Crippen LogP) is 4.36. The van der Waals surface area contributed by atoms with Gasteiger partial charge in [-0.2, -0.15) is 0 Å². The first-order valence-corrected chi connectivity index (χ1v) is 7.12. The molecule has 0 bridgehead atoms. The number of hydrogen-bond donors (Lipinski definition) is 1. The Balaban J connectivity index is 2.58. The molecule has 3 heteroatoms. The average molecular weight is 260 g/mol. The second-order valence-corrected chi connectivity index (χ2v) is 6.88. The lowest BCUT2D eigenvalue weighted by molar-refractivity contribution is 0.283. The van der Waals surface area contributed by atoms with E-state index >= 15 is 0 Å². The summed E-state index contributed by atoms with van der Waals surface area (Å²) >= 11 is 7.66. The zero-order valence-corrected chi connectivity index (χ0v) is 12.2. The standard InChI is InChI=1S/C13H22ClNS/c1-5-13(4,9-15-10(2)3)8-11-6-7-12(14)16-11/h6-7,10,15H,5,8-9H2,1-4H3. The summed E-state index contributed by atoms with van der Waals surface area (Å²) in [7, 11) is 0. The SMILES string of the molecule is CCC(C)(CNC(C)C)Cc1ccc(Cl)s1. The van der Waals surface area contributed by atoms with E-state index in [-0.39, 0.29) is 0 Å². The van der Waals surface area contributed by atoms with Gasteiger partial charge in [0.2, 0.25) is 0 Å². The molecule has 1 unspecified atom stereocenters. The van der Waals surface area contributed by atoms with Gasteiger partial charge in [0, 0.05) is 17.5 Å². The summed E-state index contributed by atoms with van der Waals surface area (Å²) in [4.78, 5) is 1.39. The molecule has 0 saturated carbocycles. The zero-order valence-electron chi connectivity index (χ0n) is 10.6. The molecule has 1 rings (SSSR count). The van der Waals surface area contributed by atoms with Crippen molar-refractivity contribution in [2.45, 2.75) is 46.6 Å². The van der Waals surface area contributed by atoms with Gasteiger partial charge >= 0.3 is 0 Å². The monoisotopic (exact) mass is 259 g/mol. The highest BCUT2D eigenvalue weighted by Crippen LogP contribution is 2.31. The molecule has 1 aromatic rings. The Kier molecular flexibility index (Phi) is 5.29. The molecule has 0 aliphatic rings. The summed E-state index contributed by atoms with van der Waals surface area (Å²) in [5.74, 6) is 0. The fourth-order valence-corrected chi connectivity index (χ4v) is 2.93. The highest BCUT2D eigenvalue weighted by Gasteiger charge is 2.23. The number of rotatable bonds is 6. The van der Waals surface area contributed by atoms with Gasteiger partial charge in [0.1, 0.15) is 0 Å². The van der Waals surface area contributed by atoms with E-state index in [0.29, 0.717) is 11.5 Å². The first-order chi connectivity index (χ1) is 7.45. The van der Waals surface area contributed by atoms with Crippen LogP contribution in [0.1, 0.15) is 39.0 Å². The summed E-state index contributed by atoms with van der Waals surface area (Å²) < 4.78 is 0.894. The van der Waals surface area contributed by atoms with Gasteiger partial charge in [-0.1, -0.05) is 39.3 Å². The van der Waals surface area contributed by atoms with Crippen LogP contribution in [-0.2, 0) is 6.42 Å². The molecule has 0 aliphatic heterocycles. The van der Waals surface area contributed by atoms with Crippen LogP contribution in [0.25, 0.3) is 0 Å². The molecule has 16 heavy (non-hydrogen) atoms. The van der Waals surface area contributed by atoms with E-state index in [1.807, 2.05) is 6.07 Å². The molecule has 1 atom stereocenters. The minimum absolute atomic E-state index is 0.332. The molecule has 0 amide bonds. The number of hydrogen-bond acceptors (Lipinski definition) is 2. The minimum Gasteiger partial charge on any atom is -0.314 e. The van der Waals surface area contributed by atoms with Crippen LogP contribution in [0.15, 0.2) is 12.1 Å². The third-order valence-corrected chi connectivity index (χ3v) is 4.25. The molecule has 0 spiro atoms. The normalized spacial score (nSPS) is 15.4. The molecule has 0 fully saturated rings. The summed E-state index contributed by atoms with van der Waals surface area (Å²) in [6.07, 6.45) is 2.29. The molecule has 0 aromatic carbocycles. The van der Waals surface area contributed by atoms with Crippen LogP contribution in [-0.4, -0.2) is 12.6 Å². The Hall–Kier alpha value is -0.0500. The number of thiophene rings is 1. The third-order valence-electron chi connectivity index (χ3n) is 3.02. The van der Waals surface area contributed by atoms with Crippen LogP contribution in [0.4, 0.5) is 0 Å². The molecule has 0 radical (unpaired) electrons. The molecular formula is C13H22ClNS. The van der Waals surface area contributed by atoms with Gasteiger partial charge < -0.3 is 5.32 Å². The van der Waals surface area contributed by atoms with Crippen molar-refractivity contribution < 1.29 is 0 Å². The minimum atomic E-state index is 0.332. The van der Waals surface area contributed by atoms with Crippen LogP contribution in [0, 0.1) is 5.41 Å². The Morgan fingerprint density at radius 1 is 1.44 bits per heavy atom. The Morgan fingerprint density at radius 3 is 2.56 bits per heavy atom. The molecule has 0 aliphatic carbocycles. The van der Waals surface area contributed by atoms with Crippen molar-refractivity contribution in [3.63, 3.8) is 0 Å². The third kappa shape index (κ3) is 4.44. The second-order valence-electron chi connectivity index (χ2n) is 5.08. The van der Waals surface area contributed by atoms with Gasteiger partial charge in [-0.05, 0) is 30.4 Å². The topological polar surface area (TPSA) is 12.0 Å². The predicted molar refractivity (Wildman–Crippen MR) is 74.6 cm³/mol. The highest BCUT2D eigenvalue weighted by atomic mass is 35.5. The van der Waals surface area contributed by atoms with Crippen molar-refractivity contribution in [2.75, 3.05) is 6.54 Å². The Bertz CT molecular complexity index is 321. The van der Waals surface area contributed by atoms with Crippen LogP contribution in [0.5, 0.6) is 0 Å². The van der Waals surface area contributed by atoms with Crippen molar-refractivity contribution in [3.8, 4) is 0 Å². The van der Waals surface area contributed by atoms with E-state index in [1.54, 1.807) is 11.3 Å². The fourth-order valence-electron chi connectivity index (χ4n) is 1.63. The highest BCUT2D eigenvalue weighted by molar-refractivity contribution is 7.16. The average Bonchev–Trinajstić information content (AvgIpc) is 2.61. The first kappa shape index (κ1) is 14.0. The van der Waals surface area contributed by atoms with Crippen molar-refractivity contribution >= 4 is 22.9 Å². The van der Waals surface area contributed by atoms with E-state index in [4.69, 9.17) is 11.6 Å². The maximum Gasteiger partial charge on any atom is 0.0931 e. The van der Waals surface area contributed by atoms with E-state index in [0.717, 1.165) is 17.3 Å². The van der Waals surface area contributed by atoms with Crippen LogP contribution in [0.2, 0.25) is 4.34 Å². The van der Waals surface area contributed by atoms with Gasteiger partial charge in [-0.3, -0.25) is 0 Å². The molecule has 1 N–H and O–H groups in total. The zero-order chi connectivity index (χ0) is 12.2. The van der Waals surface area contributed by atoms with Crippen molar-refractivity contribution in [1.82, 2.24) is 5.32 Å². The van der Waals surface area contributed by atoms with E-state index < -0.39 is 0 Å². The molecule has 0 saturated heterocycles. The largest absolute Gasteiger partial charge is 0.314 e. The maximum absolute atomic E-state index is 5.96. The van der Waals surface area contributed by atoms with Crippen molar-refractivity contribution in [2.24, 2.45) is 5.41 Å². The second kappa shape index (κ2) is 6.04. The van der Waals surface area contributed by atoms with E-state index in [2.05, 4.69) is 39.1 Å².